The number of hydrogen-bond acceptors (Lipinski definition) is 4. The maximum absolute atomic E-state index is 12.2. The minimum Gasteiger partial charge on any atom is -0.467 e. The van der Waals surface area contributed by atoms with Crippen LogP contribution in [0.2, 0.25) is 0 Å². The summed E-state index contributed by atoms with van der Waals surface area (Å²) in [6.45, 7) is 4.31. The van der Waals surface area contributed by atoms with E-state index in [9.17, 15) is 9.59 Å². The number of amides is 1. The molecule has 1 aliphatic rings. The second-order valence-electron chi connectivity index (χ2n) is 6.25. The van der Waals surface area contributed by atoms with E-state index in [0.717, 1.165) is 25.7 Å². The van der Waals surface area contributed by atoms with Crippen LogP contribution in [0.5, 0.6) is 0 Å². The first-order valence-corrected chi connectivity index (χ1v) is 7.51. The average Bonchev–Trinajstić information content (AvgIpc) is 2.44. The molecule has 0 aromatic heterocycles. The number of nitrogens with two attached hydrogens (primary N) is 1. The fourth-order valence-corrected chi connectivity index (χ4v) is 2.94. The Morgan fingerprint density at radius 1 is 1.24 bits per heavy atom. The Labute approximate surface area is 133 Å². The summed E-state index contributed by atoms with van der Waals surface area (Å²) in [5, 5.41) is 2.80. The number of hydrogen-bond donors (Lipinski definition) is 2. The molecular formula is C15H29ClN2O3. The number of nitrogens with one attached hydrogen (secondary N) is 1. The van der Waals surface area contributed by atoms with Gasteiger partial charge in [0.05, 0.1) is 7.11 Å². The van der Waals surface area contributed by atoms with Gasteiger partial charge in [0, 0.05) is 6.42 Å². The van der Waals surface area contributed by atoms with Crippen LogP contribution < -0.4 is 11.1 Å². The highest BCUT2D eigenvalue weighted by atomic mass is 35.5. The van der Waals surface area contributed by atoms with Crippen molar-refractivity contribution in [2.75, 3.05) is 13.7 Å². The van der Waals surface area contributed by atoms with Crippen molar-refractivity contribution in [3.63, 3.8) is 0 Å². The van der Waals surface area contributed by atoms with Crippen molar-refractivity contribution in [3.05, 3.63) is 0 Å². The van der Waals surface area contributed by atoms with E-state index in [1.165, 1.54) is 13.5 Å². The fraction of sp³-hybridized carbons (Fsp3) is 0.867. The summed E-state index contributed by atoms with van der Waals surface area (Å²) < 4.78 is 4.74. The Morgan fingerprint density at radius 2 is 1.81 bits per heavy atom. The summed E-state index contributed by atoms with van der Waals surface area (Å²) in [6, 6.07) is -0.578. The van der Waals surface area contributed by atoms with Gasteiger partial charge in [-0.1, -0.05) is 33.1 Å². The Kier molecular flexibility index (Phi) is 8.90. The van der Waals surface area contributed by atoms with Crippen molar-refractivity contribution >= 4 is 24.3 Å². The number of halogens is 1. The van der Waals surface area contributed by atoms with Crippen molar-refractivity contribution in [1.82, 2.24) is 5.32 Å². The molecule has 21 heavy (non-hydrogen) atoms. The van der Waals surface area contributed by atoms with Crippen molar-refractivity contribution in [2.45, 2.75) is 58.4 Å². The SMILES string of the molecule is COC(=O)C(NC(=O)CC1(CN)CCCCC1)C(C)C.Cl. The van der Waals surface area contributed by atoms with Crippen LogP contribution in [0.15, 0.2) is 0 Å². The maximum Gasteiger partial charge on any atom is 0.328 e. The van der Waals surface area contributed by atoms with Gasteiger partial charge in [-0.25, -0.2) is 4.79 Å². The standard InChI is InChI=1S/C15H28N2O3.ClH/c1-11(2)13(14(19)20-3)17-12(18)9-15(10-16)7-5-4-6-8-15;/h11,13H,4-10,16H2,1-3H3,(H,17,18);1H. The van der Waals surface area contributed by atoms with Gasteiger partial charge < -0.3 is 15.8 Å². The highest BCUT2D eigenvalue weighted by Gasteiger charge is 2.34. The third-order valence-electron chi connectivity index (χ3n) is 4.32. The maximum atomic E-state index is 12.2. The highest BCUT2D eigenvalue weighted by molar-refractivity contribution is 5.85. The molecule has 1 rings (SSSR count). The van der Waals surface area contributed by atoms with Crippen LogP contribution in [0.25, 0.3) is 0 Å². The molecule has 0 aromatic carbocycles. The van der Waals surface area contributed by atoms with Gasteiger partial charge in [0.1, 0.15) is 6.04 Å². The summed E-state index contributed by atoms with van der Waals surface area (Å²) >= 11 is 0. The molecule has 0 radical (unpaired) electrons. The normalized spacial score (nSPS) is 18.5. The summed E-state index contributed by atoms with van der Waals surface area (Å²) in [7, 11) is 1.34. The van der Waals surface area contributed by atoms with Gasteiger partial charge in [-0.2, -0.15) is 0 Å². The van der Waals surface area contributed by atoms with E-state index in [4.69, 9.17) is 10.5 Å². The van der Waals surface area contributed by atoms with E-state index < -0.39 is 12.0 Å². The molecular weight excluding hydrogens is 292 g/mol. The van der Waals surface area contributed by atoms with E-state index in [1.807, 2.05) is 13.8 Å². The average molecular weight is 321 g/mol. The predicted octanol–water partition coefficient (Wildman–Crippen LogP) is 2.02. The Balaban J connectivity index is 0.00000400. The van der Waals surface area contributed by atoms with E-state index in [2.05, 4.69) is 5.32 Å². The third kappa shape index (κ3) is 5.83. The molecule has 1 saturated carbocycles. The van der Waals surface area contributed by atoms with Gasteiger partial charge in [0.2, 0.25) is 5.91 Å². The topological polar surface area (TPSA) is 81.4 Å². The lowest BCUT2D eigenvalue weighted by atomic mass is 9.71. The van der Waals surface area contributed by atoms with Crippen LogP contribution in [0, 0.1) is 11.3 Å². The van der Waals surface area contributed by atoms with Gasteiger partial charge in [0.25, 0.3) is 0 Å². The van der Waals surface area contributed by atoms with Gasteiger partial charge in [-0.05, 0) is 30.7 Å². The number of methoxy groups -OCH3 is 1. The molecule has 0 bridgehead atoms. The smallest absolute Gasteiger partial charge is 0.328 e. The van der Waals surface area contributed by atoms with Crippen LogP contribution in [-0.2, 0) is 14.3 Å². The number of esters is 1. The zero-order chi connectivity index (χ0) is 15.2. The molecule has 3 N–H and O–H groups in total. The summed E-state index contributed by atoms with van der Waals surface area (Å²) in [6.07, 6.45) is 5.90. The summed E-state index contributed by atoms with van der Waals surface area (Å²) in [5.41, 5.74) is 5.81. The molecule has 1 amide bonds. The summed E-state index contributed by atoms with van der Waals surface area (Å²) in [4.78, 5) is 23.9. The van der Waals surface area contributed by atoms with Gasteiger partial charge in [-0.15, -0.1) is 12.4 Å². The molecule has 1 fully saturated rings. The van der Waals surface area contributed by atoms with Gasteiger partial charge in [0.15, 0.2) is 0 Å². The van der Waals surface area contributed by atoms with E-state index >= 15 is 0 Å². The quantitative estimate of drug-likeness (QED) is 0.734. The Bertz CT molecular complexity index is 342. The molecule has 0 aromatic rings. The minimum absolute atomic E-state index is 0. The van der Waals surface area contributed by atoms with Crippen LogP contribution >= 0.6 is 12.4 Å². The number of rotatable bonds is 6. The number of carbonyl (C=O) groups is 2. The minimum atomic E-state index is -0.578. The number of ether oxygens (including phenoxy) is 1. The molecule has 1 atom stereocenters. The van der Waals surface area contributed by atoms with E-state index in [-0.39, 0.29) is 29.6 Å². The Morgan fingerprint density at radius 3 is 2.24 bits per heavy atom. The molecule has 1 unspecified atom stereocenters. The Hall–Kier alpha value is -0.810. The molecule has 0 aliphatic heterocycles. The van der Waals surface area contributed by atoms with Crippen molar-refractivity contribution in [1.29, 1.82) is 0 Å². The first-order valence-electron chi connectivity index (χ1n) is 7.51. The lowest BCUT2D eigenvalue weighted by molar-refractivity contribution is -0.146. The number of carbonyl (C=O) groups excluding carboxylic acids is 2. The van der Waals surface area contributed by atoms with Crippen LogP contribution in [0.3, 0.4) is 0 Å². The van der Waals surface area contributed by atoms with Crippen molar-refractivity contribution < 1.29 is 14.3 Å². The largest absolute Gasteiger partial charge is 0.467 e. The van der Waals surface area contributed by atoms with E-state index in [0.29, 0.717) is 13.0 Å². The second-order valence-corrected chi connectivity index (χ2v) is 6.25. The molecule has 6 heteroatoms. The molecule has 0 saturated heterocycles. The fourth-order valence-electron chi connectivity index (χ4n) is 2.94. The molecule has 1 aliphatic carbocycles. The molecule has 5 nitrogen and oxygen atoms in total. The van der Waals surface area contributed by atoms with Crippen molar-refractivity contribution in [3.8, 4) is 0 Å². The second kappa shape index (κ2) is 9.26. The molecule has 0 spiro atoms. The van der Waals surface area contributed by atoms with Crippen molar-refractivity contribution in [2.24, 2.45) is 17.1 Å². The van der Waals surface area contributed by atoms with E-state index in [1.54, 1.807) is 0 Å². The molecule has 124 valence electrons. The third-order valence-corrected chi connectivity index (χ3v) is 4.32. The highest BCUT2D eigenvalue weighted by Crippen LogP contribution is 2.38. The summed E-state index contributed by atoms with van der Waals surface area (Å²) in [5.74, 6) is -0.480. The first-order chi connectivity index (χ1) is 9.44. The first kappa shape index (κ1) is 20.2. The van der Waals surface area contributed by atoms with Crippen LogP contribution in [-0.4, -0.2) is 31.6 Å². The van der Waals surface area contributed by atoms with Crippen LogP contribution in [0.1, 0.15) is 52.4 Å². The lowest BCUT2D eigenvalue weighted by Gasteiger charge is -2.36. The zero-order valence-corrected chi connectivity index (χ0v) is 14.1. The van der Waals surface area contributed by atoms with Gasteiger partial charge in [-0.3, -0.25) is 4.79 Å². The van der Waals surface area contributed by atoms with Gasteiger partial charge >= 0.3 is 5.97 Å². The zero-order valence-electron chi connectivity index (χ0n) is 13.3. The predicted molar refractivity (Wildman–Crippen MR) is 85.2 cm³/mol. The monoisotopic (exact) mass is 320 g/mol. The lowest BCUT2D eigenvalue weighted by Crippen LogP contribution is -2.47. The van der Waals surface area contributed by atoms with Crippen LogP contribution in [0.4, 0.5) is 0 Å². The molecule has 0 heterocycles.